The minimum absolute atomic E-state index is 0.0594. The molecule has 2 aromatic heterocycles. The SMILES string of the molecule is CSc1nnnn1-c1cccc(NC(=O)N(Cc2cccnc2)CC2CCCO2)c1. The van der Waals surface area contributed by atoms with Crippen LogP contribution in [0.2, 0.25) is 0 Å². The van der Waals surface area contributed by atoms with Crippen LogP contribution in [-0.4, -0.2) is 61.6 Å². The summed E-state index contributed by atoms with van der Waals surface area (Å²) in [6, 6.07) is 11.1. The van der Waals surface area contributed by atoms with Crippen LogP contribution < -0.4 is 5.32 Å². The molecule has 0 aliphatic carbocycles. The molecular formula is C20H23N7O2S. The standard InChI is InChI=1S/C20H23N7O2S/c1-30-20-23-24-25-27(20)17-7-2-6-16(11-17)22-19(28)26(14-18-8-4-10-29-18)13-15-5-3-9-21-12-15/h2-3,5-7,9,11-12,18H,4,8,10,13-14H2,1H3,(H,22,28). The molecule has 4 rings (SSSR count). The number of aromatic nitrogens is 5. The van der Waals surface area contributed by atoms with Crippen LogP contribution in [-0.2, 0) is 11.3 Å². The predicted octanol–water partition coefficient (Wildman–Crippen LogP) is 2.99. The Morgan fingerprint density at radius 1 is 1.37 bits per heavy atom. The van der Waals surface area contributed by atoms with Crippen molar-refractivity contribution in [1.82, 2.24) is 30.1 Å². The molecule has 1 saturated heterocycles. The summed E-state index contributed by atoms with van der Waals surface area (Å²) in [4.78, 5) is 19.0. The lowest BCUT2D eigenvalue weighted by Crippen LogP contribution is -2.39. The molecule has 3 heterocycles. The average Bonchev–Trinajstić information content (AvgIpc) is 3.46. The Morgan fingerprint density at radius 3 is 3.07 bits per heavy atom. The molecule has 1 aromatic carbocycles. The van der Waals surface area contributed by atoms with Crippen molar-refractivity contribution >= 4 is 23.5 Å². The molecule has 1 unspecified atom stereocenters. The van der Waals surface area contributed by atoms with Crippen molar-refractivity contribution in [2.45, 2.75) is 30.6 Å². The highest BCUT2D eigenvalue weighted by Gasteiger charge is 2.23. The second kappa shape index (κ2) is 9.68. The van der Waals surface area contributed by atoms with Gasteiger partial charge >= 0.3 is 6.03 Å². The van der Waals surface area contributed by atoms with Crippen molar-refractivity contribution in [3.63, 3.8) is 0 Å². The molecule has 1 aliphatic heterocycles. The molecule has 1 aliphatic rings. The van der Waals surface area contributed by atoms with Gasteiger partial charge in [0.15, 0.2) is 0 Å². The third-order valence-corrected chi connectivity index (χ3v) is 5.42. The largest absolute Gasteiger partial charge is 0.376 e. The molecule has 30 heavy (non-hydrogen) atoms. The minimum atomic E-state index is -0.187. The quantitative estimate of drug-likeness (QED) is 0.581. The summed E-state index contributed by atoms with van der Waals surface area (Å²) in [5.74, 6) is 0. The number of nitrogens with zero attached hydrogens (tertiary/aromatic N) is 6. The van der Waals surface area contributed by atoms with Gasteiger partial charge in [0.2, 0.25) is 5.16 Å². The van der Waals surface area contributed by atoms with E-state index in [9.17, 15) is 4.79 Å². The first-order chi connectivity index (χ1) is 14.7. The highest BCUT2D eigenvalue weighted by Crippen LogP contribution is 2.20. The van der Waals surface area contributed by atoms with Crippen LogP contribution in [0.15, 0.2) is 53.9 Å². The first-order valence-electron chi connectivity index (χ1n) is 9.72. The summed E-state index contributed by atoms with van der Waals surface area (Å²) in [5, 5.41) is 15.4. The molecule has 9 nitrogen and oxygen atoms in total. The normalized spacial score (nSPS) is 15.8. The third-order valence-electron chi connectivity index (χ3n) is 4.80. The second-order valence-electron chi connectivity index (χ2n) is 6.93. The lowest BCUT2D eigenvalue weighted by molar-refractivity contribution is 0.0819. The lowest BCUT2D eigenvalue weighted by atomic mass is 10.2. The lowest BCUT2D eigenvalue weighted by Gasteiger charge is -2.26. The van der Waals surface area contributed by atoms with E-state index < -0.39 is 0 Å². The number of hydrogen-bond acceptors (Lipinski definition) is 7. The number of rotatable bonds is 7. The zero-order chi connectivity index (χ0) is 20.8. The van der Waals surface area contributed by atoms with Gasteiger partial charge in [-0.1, -0.05) is 23.9 Å². The van der Waals surface area contributed by atoms with Gasteiger partial charge in [-0.05, 0) is 59.4 Å². The van der Waals surface area contributed by atoms with E-state index in [-0.39, 0.29) is 12.1 Å². The molecule has 0 spiro atoms. The maximum Gasteiger partial charge on any atom is 0.322 e. The Morgan fingerprint density at radius 2 is 2.30 bits per heavy atom. The van der Waals surface area contributed by atoms with E-state index in [4.69, 9.17) is 4.74 Å². The first kappa shape index (κ1) is 20.3. The maximum atomic E-state index is 13.1. The number of nitrogens with one attached hydrogen (secondary N) is 1. The van der Waals surface area contributed by atoms with E-state index in [0.717, 1.165) is 30.7 Å². The highest BCUT2D eigenvalue weighted by atomic mass is 32.2. The summed E-state index contributed by atoms with van der Waals surface area (Å²) in [5.41, 5.74) is 2.42. The van der Waals surface area contributed by atoms with Gasteiger partial charge in [0.25, 0.3) is 0 Å². The van der Waals surface area contributed by atoms with Gasteiger partial charge in [-0.3, -0.25) is 4.98 Å². The number of benzene rings is 1. The number of hydrogen-bond donors (Lipinski definition) is 1. The van der Waals surface area contributed by atoms with Crippen molar-refractivity contribution in [3.05, 3.63) is 54.4 Å². The summed E-state index contributed by atoms with van der Waals surface area (Å²) in [6.07, 6.45) is 7.46. The minimum Gasteiger partial charge on any atom is -0.376 e. The van der Waals surface area contributed by atoms with Gasteiger partial charge in [0, 0.05) is 37.8 Å². The fourth-order valence-corrected chi connectivity index (χ4v) is 3.78. The molecule has 10 heteroatoms. The van der Waals surface area contributed by atoms with Crippen molar-refractivity contribution in [2.75, 3.05) is 24.7 Å². The Bertz CT molecular complexity index is 976. The molecule has 156 valence electrons. The van der Waals surface area contributed by atoms with Gasteiger partial charge in [-0.2, -0.15) is 4.68 Å². The van der Waals surface area contributed by atoms with E-state index in [0.29, 0.717) is 23.9 Å². The van der Waals surface area contributed by atoms with Crippen LogP contribution in [0.1, 0.15) is 18.4 Å². The fourth-order valence-electron chi connectivity index (χ4n) is 3.35. The van der Waals surface area contributed by atoms with Crippen molar-refractivity contribution in [1.29, 1.82) is 0 Å². The van der Waals surface area contributed by atoms with Gasteiger partial charge < -0.3 is 15.0 Å². The van der Waals surface area contributed by atoms with E-state index in [2.05, 4.69) is 25.8 Å². The zero-order valence-electron chi connectivity index (χ0n) is 16.6. The first-order valence-corrected chi connectivity index (χ1v) is 10.9. The van der Waals surface area contributed by atoms with Crippen molar-refractivity contribution in [3.8, 4) is 5.69 Å². The summed E-state index contributed by atoms with van der Waals surface area (Å²) >= 11 is 1.45. The van der Waals surface area contributed by atoms with Crippen LogP contribution in [0.5, 0.6) is 0 Å². The summed E-state index contributed by atoms with van der Waals surface area (Å²) < 4.78 is 7.39. The number of pyridine rings is 1. The number of urea groups is 1. The Labute approximate surface area is 178 Å². The highest BCUT2D eigenvalue weighted by molar-refractivity contribution is 7.98. The molecule has 0 bridgehead atoms. The van der Waals surface area contributed by atoms with Crippen molar-refractivity contribution < 1.29 is 9.53 Å². The number of ether oxygens (including phenoxy) is 1. The van der Waals surface area contributed by atoms with Crippen LogP contribution in [0.3, 0.4) is 0 Å². The van der Waals surface area contributed by atoms with E-state index in [1.807, 2.05) is 42.7 Å². The number of thioether (sulfide) groups is 1. The Hall–Kier alpha value is -2.98. The average molecular weight is 426 g/mol. The molecule has 2 amide bonds. The zero-order valence-corrected chi connectivity index (χ0v) is 17.5. The fraction of sp³-hybridized carbons (Fsp3) is 0.350. The van der Waals surface area contributed by atoms with Crippen LogP contribution in [0.25, 0.3) is 5.69 Å². The van der Waals surface area contributed by atoms with Crippen LogP contribution in [0.4, 0.5) is 10.5 Å². The van der Waals surface area contributed by atoms with Crippen molar-refractivity contribution in [2.24, 2.45) is 0 Å². The van der Waals surface area contributed by atoms with Gasteiger partial charge in [-0.15, -0.1) is 5.10 Å². The third kappa shape index (κ3) is 4.95. The van der Waals surface area contributed by atoms with E-state index >= 15 is 0 Å². The molecule has 1 N–H and O–H groups in total. The molecule has 3 aromatic rings. The monoisotopic (exact) mass is 425 g/mol. The number of amides is 2. The second-order valence-corrected chi connectivity index (χ2v) is 7.71. The number of tetrazole rings is 1. The topological polar surface area (TPSA) is 98.1 Å². The molecule has 1 fully saturated rings. The van der Waals surface area contributed by atoms with E-state index in [1.54, 1.807) is 22.0 Å². The van der Waals surface area contributed by atoms with E-state index in [1.165, 1.54) is 11.8 Å². The molecule has 0 saturated carbocycles. The maximum absolute atomic E-state index is 13.1. The Kier molecular flexibility index (Phi) is 6.55. The Balaban J connectivity index is 1.50. The molecule has 1 atom stereocenters. The number of carbonyl (C=O) groups is 1. The van der Waals surface area contributed by atoms with Gasteiger partial charge in [-0.25, -0.2) is 4.79 Å². The number of anilines is 1. The van der Waals surface area contributed by atoms with Gasteiger partial charge in [0.1, 0.15) is 0 Å². The predicted molar refractivity (Wildman–Crippen MR) is 114 cm³/mol. The van der Waals surface area contributed by atoms with Gasteiger partial charge in [0.05, 0.1) is 11.8 Å². The summed E-state index contributed by atoms with van der Waals surface area (Å²) in [6.45, 7) is 1.74. The molecular weight excluding hydrogens is 402 g/mol. The molecule has 0 radical (unpaired) electrons. The summed E-state index contributed by atoms with van der Waals surface area (Å²) in [7, 11) is 0. The van der Waals surface area contributed by atoms with Crippen LogP contribution in [0, 0.1) is 0 Å². The van der Waals surface area contributed by atoms with Crippen LogP contribution >= 0.6 is 11.8 Å². The number of carbonyl (C=O) groups excluding carboxylic acids is 1. The smallest absolute Gasteiger partial charge is 0.322 e.